The largest absolute Gasteiger partial charge is 0.373 e. The topological polar surface area (TPSA) is 45.7 Å². The molecule has 0 aliphatic rings. The average molecular weight is 337 g/mol. The molecule has 25 heavy (non-hydrogen) atoms. The van der Waals surface area contributed by atoms with Gasteiger partial charge in [0.05, 0.1) is 18.9 Å². The normalized spacial score (nSPS) is 12.8. The molecule has 2 aromatic carbocycles. The van der Waals surface area contributed by atoms with E-state index in [-0.39, 0.29) is 6.17 Å². The van der Waals surface area contributed by atoms with E-state index in [1.807, 2.05) is 54.7 Å². The van der Waals surface area contributed by atoms with Crippen molar-refractivity contribution >= 4 is 12.4 Å². The number of nitrogens with zero attached hydrogens (tertiary/aromatic N) is 1. The van der Waals surface area contributed by atoms with Gasteiger partial charge in [0.25, 0.3) is 0 Å². The summed E-state index contributed by atoms with van der Waals surface area (Å²) in [5.74, 6) is 0. The summed E-state index contributed by atoms with van der Waals surface area (Å²) >= 11 is 0. The van der Waals surface area contributed by atoms with E-state index in [4.69, 9.17) is 4.74 Å². The fraction of sp³-hybridized carbons (Fsp3) is 0.286. The fourth-order valence-electron chi connectivity index (χ4n) is 2.42. The number of aliphatic imine (C=N–C) groups is 1. The van der Waals surface area contributed by atoms with Crippen molar-refractivity contribution in [1.29, 1.82) is 0 Å². The molecule has 2 N–H and O–H groups in total. The molecule has 0 heterocycles. The Balaban J connectivity index is 1.94. The molecule has 4 nitrogen and oxygen atoms in total. The second-order valence-electron chi connectivity index (χ2n) is 6.10. The maximum atomic E-state index is 5.85. The van der Waals surface area contributed by atoms with Crippen LogP contribution in [0.1, 0.15) is 25.0 Å². The summed E-state index contributed by atoms with van der Waals surface area (Å²) in [6.07, 6.45) is 1.87. The van der Waals surface area contributed by atoms with Crippen molar-refractivity contribution in [3.63, 3.8) is 0 Å². The Bertz CT molecular complexity index is 653. The summed E-state index contributed by atoms with van der Waals surface area (Å²) in [7, 11) is 0. The lowest BCUT2D eigenvalue weighted by Crippen LogP contribution is -2.46. The molecule has 2 rings (SSSR count). The second-order valence-corrected chi connectivity index (χ2v) is 6.10. The summed E-state index contributed by atoms with van der Waals surface area (Å²) in [6, 6.07) is 20.5. The highest BCUT2D eigenvalue weighted by Crippen LogP contribution is 2.13. The molecule has 1 unspecified atom stereocenters. The quantitative estimate of drug-likeness (QED) is 0.512. The minimum absolute atomic E-state index is 0.0100. The Morgan fingerprint density at radius 1 is 1.08 bits per heavy atom. The van der Waals surface area contributed by atoms with Gasteiger partial charge >= 0.3 is 0 Å². The molecule has 2 aromatic rings. The third-order valence-electron chi connectivity index (χ3n) is 3.59. The van der Waals surface area contributed by atoms with E-state index in [1.54, 1.807) is 0 Å². The van der Waals surface area contributed by atoms with Gasteiger partial charge in [-0.15, -0.1) is 0 Å². The van der Waals surface area contributed by atoms with Gasteiger partial charge in [0.15, 0.2) is 0 Å². The number of hydrogen-bond donors (Lipinski definition) is 2. The first-order chi connectivity index (χ1) is 12.2. The van der Waals surface area contributed by atoms with E-state index in [1.165, 1.54) is 5.56 Å². The van der Waals surface area contributed by atoms with Crippen LogP contribution >= 0.6 is 0 Å². The van der Waals surface area contributed by atoms with E-state index in [9.17, 15) is 0 Å². The molecule has 0 aliphatic carbocycles. The van der Waals surface area contributed by atoms with Crippen LogP contribution in [-0.2, 0) is 11.3 Å². The van der Waals surface area contributed by atoms with Crippen LogP contribution in [0.5, 0.6) is 0 Å². The molecule has 0 aliphatic heterocycles. The van der Waals surface area contributed by atoms with Crippen molar-refractivity contribution < 1.29 is 4.74 Å². The zero-order valence-corrected chi connectivity index (χ0v) is 15.0. The molecule has 1 atom stereocenters. The van der Waals surface area contributed by atoms with Crippen molar-refractivity contribution in [3.8, 4) is 0 Å². The summed E-state index contributed by atoms with van der Waals surface area (Å²) in [5.41, 5.74) is 3.00. The van der Waals surface area contributed by atoms with Crippen molar-refractivity contribution in [1.82, 2.24) is 10.6 Å². The smallest absolute Gasteiger partial charge is 0.101 e. The van der Waals surface area contributed by atoms with Crippen LogP contribution in [0.2, 0.25) is 0 Å². The summed E-state index contributed by atoms with van der Waals surface area (Å²) in [4.78, 5) is 4.12. The standard InChI is InChI=1S/C21H27N3O/c1-17(2)24-21(16-25-15-18-10-6-4-7-11-18)23-14-20(22-3)19-12-8-5-9-13-19/h4-14,17,21,23-24H,3,15-16H2,1-2H3/b20-14-. The Morgan fingerprint density at radius 3 is 2.32 bits per heavy atom. The molecule has 0 bridgehead atoms. The number of rotatable bonds is 10. The van der Waals surface area contributed by atoms with Crippen molar-refractivity contribution in [2.24, 2.45) is 4.99 Å². The van der Waals surface area contributed by atoms with Gasteiger partial charge < -0.3 is 10.1 Å². The van der Waals surface area contributed by atoms with Crippen LogP contribution < -0.4 is 10.6 Å². The van der Waals surface area contributed by atoms with Gasteiger partial charge in [0.1, 0.15) is 6.17 Å². The molecule has 0 spiro atoms. The Labute approximate surface area is 150 Å². The lowest BCUT2D eigenvalue weighted by Gasteiger charge is -2.22. The van der Waals surface area contributed by atoms with E-state index >= 15 is 0 Å². The third-order valence-corrected chi connectivity index (χ3v) is 3.59. The predicted molar refractivity (Wildman–Crippen MR) is 105 cm³/mol. The summed E-state index contributed by atoms with van der Waals surface area (Å²) < 4.78 is 5.85. The second kappa shape index (κ2) is 10.4. The predicted octanol–water partition coefficient (Wildman–Crippen LogP) is 3.82. The number of benzene rings is 2. The van der Waals surface area contributed by atoms with Crippen LogP contribution in [0.25, 0.3) is 5.70 Å². The first-order valence-corrected chi connectivity index (χ1v) is 8.55. The highest BCUT2D eigenvalue weighted by molar-refractivity contribution is 5.67. The molecule has 0 saturated carbocycles. The van der Waals surface area contributed by atoms with E-state index in [2.05, 4.69) is 48.3 Å². The molecule has 0 saturated heterocycles. The van der Waals surface area contributed by atoms with Gasteiger partial charge in [-0.25, -0.2) is 0 Å². The van der Waals surface area contributed by atoms with Gasteiger partial charge in [-0.05, 0) is 26.1 Å². The van der Waals surface area contributed by atoms with Crippen molar-refractivity contribution in [3.05, 3.63) is 78.0 Å². The highest BCUT2D eigenvalue weighted by Gasteiger charge is 2.09. The lowest BCUT2D eigenvalue weighted by atomic mass is 10.2. The van der Waals surface area contributed by atoms with Crippen LogP contribution in [0.3, 0.4) is 0 Å². The van der Waals surface area contributed by atoms with E-state index in [0.717, 1.165) is 11.3 Å². The maximum Gasteiger partial charge on any atom is 0.101 e. The summed E-state index contributed by atoms with van der Waals surface area (Å²) in [5, 5.41) is 6.81. The zero-order valence-electron chi connectivity index (χ0n) is 15.0. The lowest BCUT2D eigenvalue weighted by molar-refractivity contribution is 0.0908. The van der Waals surface area contributed by atoms with Crippen LogP contribution in [0, 0.1) is 0 Å². The van der Waals surface area contributed by atoms with E-state index < -0.39 is 0 Å². The minimum atomic E-state index is -0.0100. The van der Waals surface area contributed by atoms with Gasteiger partial charge in [-0.1, -0.05) is 60.7 Å². The third kappa shape index (κ3) is 6.91. The monoisotopic (exact) mass is 337 g/mol. The Kier molecular flexibility index (Phi) is 7.89. The SMILES string of the molecule is C=N/C(=C\NC(COCc1ccccc1)NC(C)C)c1ccccc1. The van der Waals surface area contributed by atoms with Crippen LogP contribution in [-0.4, -0.2) is 25.5 Å². The maximum absolute atomic E-state index is 5.85. The van der Waals surface area contributed by atoms with Gasteiger partial charge in [-0.2, -0.15) is 0 Å². The van der Waals surface area contributed by atoms with E-state index in [0.29, 0.717) is 19.3 Å². The van der Waals surface area contributed by atoms with Gasteiger partial charge in [0, 0.05) is 17.8 Å². The first kappa shape index (κ1) is 18.9. The first-order valence-electron chi connectivity index (χ1n) is 8.55. The fourth-order valence-corrected chi connectivity index (χ4v) is 2.42. The number of nitrogens with one attached hydrogen (secondary N) is 2. The summed E-state index contributed by atoms with van der Waals surface area (Å²) in [6.45, 7) is 9.02. The zero-order chi connectivity index (χ0) is 17.9. The highest BCUT2D eigenvalue weighted by atomic mass is 16.5. The van der Waals surface area contributed by atoms with Crippen molar-refractivity contribution in [2.45, 2.75) is 32.7 Å². The van der Waals surface area contributed by atoms with Crippen molar-refractivity contribution in [2.75, 3.05) is 6.61 Å². The molecule has 0 amide bonds. The molecular formula is C21H27N3O. The molecule has 0 aromatic heterocycles. The van der Waals surface area contributed by atoms with Gasteiger partial charge in [0.2, 0.25) is 0 Å². The Morgan fingerprint density at radius 2 is 1.72 bits per heavy atom. The minimum Gasteiger partial charge on any atom is -0.373 e. The van der Waals surface area contributed by atoms with Gasteiger partial charge in [-0.3, -0.25) is 10.3 Å². The average Bonchev–Trinajstić information content (AvgIpc) is 2.63. The van der Waals surface area contributed by atoms with Crippen LogP contribution in [0.4, 0.5) is 0 Å². The molecule has 0 fully saturated rings. The Hall–Kier alpha value is -2.43. The molecule has 4 heteroatoms. The molecular weight excluding hydrogens is 310 g/mol. The molecule has 132 valence electrons. The van der Waals surface area contributed by atoms with Crippen LogP contribution in [0.15, 0.2) is 71.9 Å². The molecule has 0 radical (unpaired) electrons. The number of hydrogen-bond acceptors (Lipinski definition) is 4. The number of ether oxygens (including phenoxy) is 1.